The van der Waals surface area contributed by atoms with Crippen molar-refractivity contribution in [2.75, 3.05) is 177 Å². The quantitative estimate of drug-likeness (QED) is 0.0472. The maximum Gasteiger partial charge on any atom is 0.264 e. The van der Waals surface area contributed by atoms with Crippen LogP contribution in [0.5, 0.6) is 0 Å². The van der Waals surface area contributed by atoms with Gasteiger partial charge in [0.2, 0.25) is 11.8 Å². The summed E-state index contributed by atoms with van der Waals surface area (Å²) in [6, 6.07) is 25.1. The molecule has 3 aromatic rings. The summed E-state index contributed by atoms with van der Waals surface area (Å²) in [5, 5.41) is 7.78. The molecular weight excluding hydrogens is 1000 g/mol. The minimum atomic E-state index is -2.56. The highest BCUT2D eigenvalue weighted by Crippen LogP contribution is 2.37. The molecule has 0 aliphatic carbocycles. The van der Waals surface area contributed by atoms with Gasteiger partial charge in [-0.25, -0.2) is 0 Å². The number of imide groups is 2. The molecule has 1 atom stereocenters. The van der Waals surface area contributed by atoms with Crippen molar-refractivity contribution in [2.24, 2.45) is 0 Å². The molecule has 0 radical (unpaired) electrons. The fraction of sp³-hybridized carbons (Fsp3) is 0.600. The Morgan fingerprint density at radius 2 is 0.842 bits per heavy atom. The van der Waals surface area contributed by atoms with Crippen molar-refractivity contribution in [3.8, 4) is 0 Å². The second kappa shape index (κ2) is 36.5. The van der Waals surface area contributed by atoms with Crippen LogP contribution in [0.1, 0.15) is 54.3 Å². The number of nitrogens with one attached hydrogen (secondary N) is 2. The summed E-state index contributed by atoms with van der Waals surface area (Å²) in [5.74, 6) is -2.18. The van der Waals surface area contributed by atoms with Crippen LogP contribution < -0.4 is 21.0 Å². The van der Waals surface area contributed by atoms with E-state index in [1.807, 2.05) is 12.1 Å². The maximum absolute atomic E-state index is 13.2. The standard InChI is InChI=1S/C55H81N3O17Si/c1-55(2,3)76(45-11-6-4-7-12-45,46-13-8-5-9-14-46)75-44-43-74-42-41-73-40-39-72-38-37-71-36-35-70-34-33-69-32-31-68-30-29-67-28-27-66-26-25-65-24-23-64-22-21-63-20-19-56-48-16-10-15-47-51(48)54(62)58(53(47)61)49-17-18-50(59)57-52(49)60/h4-16,49,56H,17-44H2,1-3H3,(H,57,59,60). The number of benzene rings is 3. The van der Waals surface area contributed by atoms with Crippen LogP contribution in [0.3, 0.4) is 0 Å². The Morgan fingerprint density at radius 1 is 0.474 bits per heavy atom. The predicted octanol–water partition coefficient (Wildman–Crippen LogP) is 3.28. The highest BCUT2D eigenvalue weighted by molar-refractivity contribution is 6.99. The zero-order valence-electron chi connectivity index (χ0n) is 44.8. The summed E-state index contributed by atoms with van der Waals surface area (Å²) in [6.07, 6.45) is 0.162. The lowest BCUT2D eigenvalue weighted by Crippen LogP contribution is -2.66. The van der Waals surface area contributed by atoms with Gasteiger partial charge in [0.25, 0.3) is 20.1 Å². The highest BCUT2D eigenvalue weighted by Gasteiger charge is 2.50. The molecule has 422 valence electrons. The first-order chi connectivity index (χ1) is 37.1. The monoisotopic (exact) mass is 1080 g/mol. The molecule has 0 saturated carbocycles. The fourth-order valence-corrected chi connectivity index (χ4v) is 13.0. The molecule has 1 unspecified atom stereocenters. The third-order valence-corrected chi connectivity index (χ3v) is 17.1. The number of nitrogens with zero attached hydrogens (tertiary/aromatic N) is 1. The summed E-state index contributed by atoms with van der Waals surface area (Å²) < 4.78 is 73.9. The first kappa shape index (κ1) is 62.3. The minimum Gasteiger partial charge on any atom is -0.405 e. The average molecular weight is 1080 g/mol. The second-order valence-electron chi connectivity index (χ2n) is 18.5. The Balaban J connectivity index is 0.694. The van der Waals surface area contributed by atoms with E-state index in [9.17, 15) is 19.2 Å². The number of carbonyl (C=O) groups excluding carboxylic acids is 4. The number of anilines is 1. The van der Waals surface area contributed by atoms with Crippen LogP contribution in [0.2, 0.25) is 5.04 Å². The Hall–Kier alpha value is -4.56. The van der Waals surface area contributed by atoms with Gasteiger partial charge in [-0.05, 0) is 34.0 Å². The lowest BCUT2D eigenvalue weighted by Gasteiger charge is -2.43. The van der Waals surface area contributed by atoms with Crippen LogP contribution in [0.15, 0.2) is 78.9 Å². The molecule has 3 aromatic carbocycles. The zero-order valence-corrected chi connectivity index (χ0v) is 45.8. The largest absolute Gasteiger partial charge is 0.405 e. The Bertz CT molecular complexity index is 2060. The SMILES string of the molecule is CC(C)(C)[Si](OCCOCCOCCOCCOCCOCCOCCOCCOCCOCCOCCOCCOCCNc1cccc2c1C(=O)N(C1CCC(=O)NC1=O)C2=O)(c1ccccc1)c1ccccc1. The summed E-state index contributed by atoms with van der Waals surface area (Å²) in [5.41, 5.74) is 0.898. The van der Waals surface area contributed by atoms with E-state index in [4.69, 9.17) is 61.3 Å². The molecule has 2 aliphatic rings. The lowest BCUT2D eigenvalue weighted by atomic mass is 10.0. The van der Waals surface area contributed by atoms with Crippen LogP contribution in [0, 0.1) is 0 Å². The van der Waals surface area contributed by atoms with E-state index >= 15 is 0 Å². The fourth-order valence-electron chi connectivity index (χ4n) is 8.46. The molecule has 2 aliphatic heterocycles. The Morgan fingerprint density at radius 3 is 1.21 bits per heavy atom. The van der Waals surface area contributed by atoms with E-state index in [1.165, 1.54) is 10.4 Å². The Labute approximate surface area is 449 Å². The van der Waals surface area contributed by atoms with Gasteiger partial charge in [0.15, 0.2) is 0 Å². The molecule has 1 saturated heterocycles. The smallest absolute Gasteiger partial charge is 0.264 e. The molecule has 76 heavy (non-hydrogen) atoms. The first-order valence-corrected chi connectivity index (χ1v) is 28.3. The van der Waals surface area contributed by atoms with Gasteiger partial charge in [-0.2, -0.15) is 0 Å². The summed E-state index contributed by atoms with van der Waals surface area (Å²) in [7, 11) is -2.56. The number of rotatable bonds is 44. The van der Waals surface area contributed by atoms with Gasteiger partial charge in [-0.15, -0.1) is 0 Å². The molecule has 20 nitrogen and oxygen atoms in total. The van der Waals surface area contributed by atoms with E-state index < -0.39 is 38.0 Å². The number of fused-ring (bicyclic) bond motifs is 1. The van der Waals surface area contributed by atoms with E-state index in [-0.39, 0.29) is 29.0 Å². The number of hydrogen-bond acceptors (Lipinski definition) is 18. The van der Waals surface area contributed by atoms with Crippen LogP contribution >= 0.6 is 0 Å². The van der Waals surface area contributed by atoms with Gasteiger partial charge in [0.05, 0.1) is 176 Å². The number of carbonyl (C=O) groups is 4. The van der Waals surface area contributed by atoms with Crippen molar-refractivity contribution < 1.29 is 80.4 Å². The maximum atomic E-state index is 13.2. The highest BCUT2D eigenvalue weighted by atomic mass is 28.4. The number of ether oxygens (including phenoxy) is 12. The summed E-state index contributed by atoms with van der Waals surface area (Å²) in [4.78, 5) is 51.0. The van der Waals surface area contributed by atoms with Crippen molar-refractivity contribution >= 4 is 48.0 Å². The molecule has 2 heterocycles. The van der Waals surface area contributed by atoms with Gasteiger partial charge in [0.1, 0.15) is 6.04 Å². The number of piperidine rings is 1. The molecule has 5 rings (SSSR count). The molecule has 2 N–H and O–H groups in total. The number of amides is 4. The van der Waals surface area contributed by atoms with Crippen molar-refractivity contribution in [2.45, 2.75) is 44.7 Å². The first-order valence-electron chi connectivity index (χ1n) is 26.4. The third-order valence-electron chi connectivity index (χ3n) is 12.1. The van der Waals surface area contributed by atoms with Gasteiger partial charge in [-0.3, -0.25) is 29.4 Å². The van der Waals surface area contributed by atoms with Crippen LogP contribution in [-0.2, 0) is 70.9 Å². The topological polar surface area (TPSA) is 216 Å². The van der Waals surface area contributed by atoms with Gasteiger partial charge in [-0.1, -0.05) is 87.5 Å². The molecular formula is C55H81N3O17Si. The number of hydrogen-bond donors (Lipinski definition) is 2. The van der Waals surface area contributed by atoms with Crippen LogP contribution in [0.4, 0.5) is 5.69 Å². The second-order valence-corrected chi connectivity index (χ2v) is 22.8. The average Bonchev–Trinajstić information content (AvgIpc) is 3.67. The van der Waals surface area contributed by atoms with Crippen LogP contribution in [-0.4, -0.2) is 215 Å². The summed E-state index contributed by atoms with van der Waals surface area (Å²) >= 11 is 0. The summed E-state index contributed by atoms with van der Waals surface area (Å²) in [6.45, 7) is 18.6. The molecule has 1 fully saturated rings. The van der Waals surface area contributed by atoms with Gasteiger partial charge in [0, 0.05) is 18.7 Å². The third kappa shape index (κ3) is 21.3. The van der Waals surface area contributed by atoms with Crippen LogP contribution in [0.25, 0.3) is 0 Å². The van der Waals surface area contributed by atoms with Gasteiger partial charge < -0.3 is 66.6 Å². The van der Waals surface area contributed by atoms with Crippen molar-refractivity contribution in [1.82, 2.24) is 10.2 Å². The van der Waals surface area contributed by atoms with Gasteiger partial charge >= 0.3 is 0 Å². The van der Waals surface area contributed by atoms with E-state index in [2.05, 4.69) is 79.9 Å². The van der Waals surface area contributed by atoms with E-state index in [0.717, 1.165) is 4.90 Å². The van der Waals surface area contributed by atoms with Crippen molar-refractivity contribution in [1.29, 1.82) is 0 Å². The zero-order chi connectivity index (χ0) is 53.9. The van der Waals surface area contributed by atoms with Crippen molar-refractivity contribution in [3.05, 3.63) is 90.0 Å². The lowest BCUT2D eigenvalue weighted by molar-refractivity contribution is -0.136. The molecule has 0 bridgehead atoms. The Kier molecular flexibility index (Phi) is 29.9. The molecule has 21 heteroatoms. The van der Waals surface area contributed by atoms with E-state index in [1.54, 1.807) is 18.2 Å². The molecule has 4 amide bonds. The normalized spacial score (nSPS) is 14.9. The minimum absolute atomic E-state index is 0.0619. The van der Waals surface area contributed by atoms with E-state index in [0.29, 0.717) is 177 Å². The van der Waals surface area contributed by atoms with Crippen molar-refractivity contribution in [3.63, 3.8) is 0 Å². The molecule has 0 spiro atoms. The predicted molar refractivity (Wildman–Crippen MR) is 285 cm³/mol. The molecule has 0 aromatic heterocycles.